The lowest BCUT2D eigenvalue weighted by Crippen LogP contribution is -2.34. The lowest BCUT2D eigenvalue weighted by atomic mass is 10.2. The Labute approximate surface area is 129 Å². The number of aromatic nitrogens is 2. The van der Waals surface area contributed by atoms with Crippen LogP contribution in [0.2, 0.25) is 0 Å². The first-order valence-electron chi connectivity index (χ1n) is 6.95. The molecule has 0 saturated carbocycles. The maximum atomic E-state index is 12.9. The van der Waals surface area contributed by atoms with Crippen LogP contribution in [0.25, 0.3) is 0 Å². The van der Waals surface area contributed by atoms with Crippen LogP contribution in [0.1, 0.15) is 19.4 Å². The van der Waals surface area contributed by atoms with Crippen molar-refractivity contribution >= 4 is 10.9 Å². The van der Waals surface area contributed by atoms with Crippen LogP contribution >= 0.6 is 0 Å². The van der Waals surface area contributed by atoms with E-state index in [1.54, 1.807) is 0 Å². The average Bonchev–Trinajstić information content (AvgIpc) is 2.49. The van der Waals surface area contributed by atoms with Gasteiger partial charge in [0.1, 0.15) is 17.3 Å². The van der Waals surface area contributed by atoms with Crippen LogP contribution in [0.15, 0.2) is 38.8 Å². The third-order valence-corrected chi connectivity index (χ3v) is 5.71. The Kier molecular flexibility index (Phi) is 5.07. The summed E-state index contributed by atoms with van der Waals surface area (Å²) in [7, 11) is -0.419. The van der Waals surface area contributed by atoms with Crippen molar-refractivity contribution < 1.29 is 9.50 Å². The normalized spacial score (nSPS) is 11.1. The first-order chi connectivity index (χ1) is 10.5. The van der Waals surface area contributed by atoms with Crippen LogP contribution in [0.3, 0.4) is 0 Å². The predicted molar refractivity (Wildman–Crippen MR) is 85.2 cm³/mol. The van der Waals surface area contributed by atoms with E-state index in [-0.39, 0.29) is 23.1 Å². The number of hydrogen-bond donors (Lipinski definition) is 2. The molecule has 0 amide bonds. The Morgan fingerprint density at radius 1 is 1.18 bits per heavy atom. The zero-order valence-corrected chi connectivity index (χ0v) is 13.2. The zero-order chi connectivity index (χ0) is 16.3. The Hall–Kier alpha value is -2.02. The fourth-order valence-electron chi connectivity index (χ4n) is 2.21. The molecule has 5 nitrogen and oxygen atoms in total. The van der Waals surface area contributed by atoms with Crippen molar-refractivity contribution in [2.45, 2.75) is 25.3 Å². The number of H-pyrrole nitrogens is 1. The van der Waals surface area contributed by atoms with Gasteiger partial charge in [-0.3, -0.25) is 14.3 Å². The van der Waals surface area contributed by atoms with Crippen molar-refractivity contribution in [1.29, 1.82) is 0 Å². The third-order valence-electron chi connectivity index (χ3n) is 3.37. The smallest absolute Gasteiger partial charge is 0.331 e. The standard InChI is InChI=1S/C15H17FN2O3S/c1-3-22(4-2)12-13(19)17-15(21)18(14(12)20)9-10-5-7-11(16)8-6-10/h5-8H,3-4,9H2,1-2H3,(H-,17,19,20,21)/p+1. The topological polar surface area (TPSA) is 75.1 Å². The van der Waals surface area contributed by atoms with Crippen LogP contribution in [0, 0.1) is 5.82 Å². The van der Waals surface area contributed by atoms with Gasteiger partial charge in [-0.2, -0.15) is 0 Å². The van der Waals surface area contributed by atoms with E-state index in [0.717, 1.165) is 4.57 Å². The summed E-state index contributed by atoms with van der Waals surface area (Å²) >= 11 is 0. The molecule has 2 aromatic rings. The second-order valence-electron chi connectivity index (χ2n) is 4.69. The van der Waals surface area contributed by atoms with Gasteiger partial charge in [0.25, 0.3) is 10.8 Å². The van der Waals surface area contributed by atoms with Crippen molar-refractivity contribution in [3.05, 3.63) is 56.5 Å². The molecule has 22 heavy (non-hydrogen) atoms. The number of nitrogens with zero attached hydrogens (tertiary/aromatic N) is 1. The average molecular weight is 325 g/mol. The monoisotopic (exact) mass is 325 g/mol. The highest BCUT2D eigenvalue weighted by atomic mass is 32.2. The molecule has 1 aromatic heterocycles. The van der Waals surface area contributed by atoms with E-state index in [1.807, 2.05) is 13.8 Å². The minimum Gasteiger partial charge on any atom is -0.491 e. The van der Waals surface area contributed by atoms with Gasteiger partial charge in [-0.1, -0.05) is 12.1 Å². The predicted octanol–water partition coefficient (Wildman–Crippen LogP) is 1.45. The zero-order valence-electron chi connectivity index (χ0n) is 12.4. The number of hydrogen-bond acceptors (Lipinski definition) is 3. The van der Waals surface area contributed by atoms with E-state index in [1.165, 1.54) is 24.3 Å². The molecule has 0 bridgehead atoms. The summed E-state index contributed by atoms with van der Waals surface area (Å²) in [6, 6.07) is 5.64. The fraction of sp³-hybridized carbons (Fsp3) is 0.333. The summed E-state index contributed by atoms with van der Waals surface area (Å²) in [4.78, 5) is 26.5. The lowest BCUT2D eigenvalue weighted by Gasteiger charge is -2.11. The maximum absolute atomic E-state index is 12.9. The molecule has 0 unspecified atom stereocenters. The van der Waals surface area contributed by atoms with Crippen LogP contribution in [-0.4, -0.2) is 26.2 Å². The van der Waals surface area contributed by atoms with E-state index >= 15 is 0 Å². The minimum absolute atomic E-state index is 0.0688. The third kappa shape index (κ3) is 3.24. The Morgan fingerprint density at radius 2 is 1.77 bits per heavy atom. The van der Waals surface area contributed by atoms with E-state index < -0.39 is 22.1 Å². The molecule has 1 heterocycles. The van der Waals surface area contributed by atoms with Crippen molar-refractivity contribution in [2.24, 2.45) is 0 Å². The minimum atomic E-state index is -0.675. The van der Waals surface area contributed by atoms with Crippen molar-refractivity contribution in [2.75, 3.05) is 11.5 Å². The highest BCUT2D eigenvalue weighted by Crippen LogP contribution is 2.20. The summed E-state index contributed by atoms with van der Waals surface area (Å²) < 4.78 is 14.0. The molecule has 0 aliphatic rings. The fourth-order valence-corrected chi connectivity index (χ4v) is 3.88. The molecule has 0 aliphatic heterocycles. The number of aromatic hydroxyl groups is 1. The number of aromatic amines is 1. The molecular formula is C15H18FN2O3S+. The molecule has 0 saturated heterocycles. The Bertz CT molecular complexity index is 764. The number of rotatable bonds is 5. The molecule has 1 aromatic carbocycles. The molecule has 0 radical (unpaired) electrons. The first-order valence-corrected chi connectivity index (χ1v) is 8.52. The quantitative estimate of drug-likeness (QED) is 0.817. The summed E-state index contributed by atoms with van der Waals surface area (Å²) in [6.07, 6.45) is 0. The number of nitrogens with one attached hydrogen (secondary N) is 1. The summed E-state index contributed by atoms with van der Waals surface area (Å²) in [6.45, 7) is 3.93. The van der Waals surface area contributed by atoms with Gasteiger partial charge < -0.3 is 5.11 Å². The van der Waals surface area contributed by atoms with Crippen LogP contribution in [0.5, 0.6) is 5.88 Å². The second-order valence-corrected chi connectivity index (χ2v) is 7.24. The number of halogens is 1. The highest BCUT2D eigenvalue weighted by Gasteiger charge is 2.29. The van der Waals surface area contributed by atoms with Crippen LogP contribution in [-0.2, 0) is 17.4 Å². The summed E-state index contributed by atoms with van der Waals surface area (Å²) in [5, 5.41) is 10.4. The second kappa shape index (κ2) is 6.83. The van der Waals surface area contributed by atoms with Gasteiger partial charge in [0.2, 0.25) is 0 Å². The van der Waals surface area contributed by atoms with E-state index in [2.05, 4.69) is 4.98 Å². The summed E-state index contributed by atoms with van der Waals surface area (Å²) in [5.41, 5.74) is -0.555. The van der Waals surface area contributed by atoms with Gasteiger partial charge in [0.05, 0.1) is 6.54 Å². The van der Waals surface area contributed by atoms with Gasteiger partial charge in [0, 0.05) is 10.9 Å². The van der Waals surface area contributed by atoms with Crippen LogP contribution < -0.4 is 11.2 Å². The SMILES string of the molecule is CC[S+](CC)c1c(O)n(Cc2ccc(F)cc2)c(=O)[nH]c1=O. The van der Waals surface area contributed by atoms with Gasteiger partial charge in [-0.05, 0) is 31.5 Å². The van der Waals surface area contributed by atoms with Crippen LogP contribution in [0.4, 0.5) is 4.39 Å². The molecule has 0 aliphatic carbocycles. The Balaban J connectivity index is 2.52. The molecule has 0 atom stereocenters. The Morgan fingerprint density at radius 3 is 2.32 bits per heavy atom. The van der Waals surface area contributed by atoms with E-state index in [4.69, 9.17) is 0 Å². The molecule has 0 spiro atoms. The molecule has 118 valence electrons. The van der Waals surface area contributed by atoms with Gasteiger partial charge in [-0.15, -0.1) is 0 Å². The molecule has 7 heteroatoms. The van der Waals surface area contributed by atoms with Crippen molar-refractivity contribution in [1.82, 2.24) is 9.55 Å². The number of benzene rings is 1. The largest absolute Gasteiger partial charge is 0.491 e. The van der Waals surface area contributed by atoms with E-state index in [9.17, 15) is 19.1 Å². The first kappa shape index (κ1) is 16.4. The maximum Gasteiger partial charge on any atom is 0.331 e. The van der Waals surface area contributed by atoms with Crippen molar-refractivity contribution in [3.8, 4) is 5.88 Å². The van der Waals surface area contributed by atoms with Gasteiger partial charge in [-0.25, -0.2) is 9.18 Å². The van der Waals surface area contributed by atoms with E-state index in [0.29, 0.717) is 17.1 Å². The summed E-state index contributed by atoms with van der Waals surface area (Å²) in [5.74, 6) is 0.746. The molecule has 2 N–H and O–H groups in total. The lowest BCUT2D eigenvalue weighted by molar-refractivity contribution is 0.393. The molecular weight excluding hydrogens is 307 g/mol. The van der Waals surface area contributed by atoms with Gasteiger partial charge >= 0.3 is 11.2 Å². The van der Waals surface area contributed by atoms with Crippen molar-refractivity contribution in [3.63, 3.8) is 0 Å². The molecule has 2 rings (SSSR count). The highest BCUT2D eigenvalue weighted by molar-refractivity contribution is 7.96. The molecule has 0 fully saturated rings. The van der Waals surface area contributed by atoms with Gasteiger partial charge in [0.15, 0.2) is 0 Å².